The molecule has 3 N–H and O–H groups in total. The van der Waals surface area contributed by atoms with Crippen LogP contribution in [0.1, 0.15) is 42.5 Å². The third-order valence-electron chi connectivity index (χ3n) is 4.33. The van der Waals surface area contributed by atoms with Crippen LogP contribution in [0.3, 0.4) is 0 Å². The second kappa shape index (κ2) is 6.30. The van der Waals surface area contributed by atoms with E-state index in [0.29, 0.717) is 17.2 Å². The number of halogens is 2. The number of nitrogens with two attached hydrogens (primary N) is 1. The Bertz CT molecular complexity index is 651. The summed E-state index contributed by atoms with van der Waals surface area (Å²) in [7, 11) is 0. The molecule has 0 radical (unpaired) electrons. The largest absolute Gasteiger partial charge is 0.375 e. The molecule has 1 heterocycles. The second-order valence-corrected chi connectivity index (χ2v) is 6.93. The first-order valence-corrected chi connectivity index (χ1v) is 8.31. The number of rotatable bonds is 4. The number of nitrogens with zero attached hydrogens (tertiary/aromatic N) is 1. The summed E-state index contributed by atoms with van der Waals surface area (Å²) in [6, 6.07) is 3.88. The van der Waals surface area contributed by atoms with E-state index in [1.807, 2.05) is 0 Å². The molecule has 0 atom stereocenters. The summed E-state index contributed by atoms with van der Waals surface area (Å²) < 4.78 is 27.5. The van der Waals surface area contributed by atoms with E-state index < -0.39 is 17.2 Å². The Balaban J connectivity index is 1.87. The van der Waals surface area contributed by atoms with Crippen LogP contribution in [-0.2, 0) is 12.1 Å². The number of hydrogen-bond donors (Lipinski definition) is 2. The lowest BCUT2D eigenvalue weighted by molar-refractivity contribution is 0.224. The van der Waals surface area contributed by atoms with Crippen LogP contribution in [0.4, 0.5) is 13.9 Å². The van der Waals surface area contributed by atoms with Crippen molar-refractivity contribution in [2.24, 2.45) is 0 Å². The maximum Gasteiger partial charge on any atom is 0.180 e. The minimum atomic E-state index is -0.539. The second-order valence-electron chi connectivity index (χ2n) is 5.79. The fourth-order valence-corrected chi connectivity index (χ4v) is 3.86. The number of hydrogen-bond acceptors (Lipinski definition) is 4. The number of anilines is 1. The minimum absolute atomic E-state index is 0.436. The Morgan fingerprint density at radius 1 is 1.23 bits per heavy atom. The molecule has 118 valence electrons. The first-order chi connectivity index (χ1) is 10.6. The third-order valence-corrected chi connectivity index (χ3v) is 5.15. The first kappa shape index (κ1) is 15.4. The molecule has 1 fully saturated rings. The molecule has 0 saturated heterocycles. The molecule has 1 aromatic heterocycles. The summed E-state index contributed by atoms with van der Waals surface area (Å²) in [6.07, 6.45) is 6.67. The first-order valence-electron chi connectivity index (χ1n) is 7.50. The highest BCUT2D eigenvalue weighted by molar-refractivity contribution is 7.15. The molecule has 0 bridgehead atoms. The number of nitrogen functional groups attached to an aromatic ring is 1. The van der Waals surface area contributed by atoms with Gasteiger partial charge in [-0.25, -0.2) is 13.8 Å². The molecule has 3 nitrogen and oxygen atoms in total. The van der Waals surface area contributed by atoms with Gasteiger partial charge in [0.1, 0.15) is 11.6 Å². The summed E-state index contributed by atoms with van der Waals surface area (Å²) in [5, 5.41) is 4.02. The smallest absolute Gasteiger partial charge is 0.180 e. The van der Waals surface area contributed by atoms with E-state index in [9.17, 15) is 8.78 Å². The number of aromatic nitrogens is 1. The van der Waals surface area contributed by atoms with Crippen LogP contribution >= 0.6 is 11.3 Å². The van der Waals surface area contributed by atoms with E-state index in [1.165, 1.54) is 17.4 Å². The van der Waals surface area contributed by atoms with Crippen molar-refractivity contribution >= 4 is 16.5 Å². The van der Waals surface area contributed by atoms with E-state index in [4.69, 9.17) is 5.73 Å². The van der Waals surface area contributed by atoms with Gasteiger partial charge in [-0.15, -0.1) is 11.3 Å². The van der Waals surface area contributed by atoms with E-state index in [1.54, 1.807) is 12.3 Å². The van der Waals surface area contributed by atoms with Gasteiger partial charge in [0.2, 0.25) is 0 Å². The molecule has 22 heavy (non-hydrogen) atoms. The molecular formula is C16H19F2N3S. The Morgan fingerprint density at radius 3 is 2.64 bits per heavy atom. The van der Waals surface area contributed by atoms with Crippen molar-refractivity contribution in [3.05, 3.63) is 46.5 Å². The van der Waals surface area contributed by atoms with Gasteiger partial charge in [-0.2, -0.15) is 0 Å². The summed E-state index contributed by atoms with van der Waals surface area (Å²) in [5.41, 5.74) is 5.78. The zero-order valence-corrected chi connectivity index (χ0v) is 13.1. The monoisotopic (exact) mass is 323 g/mol. The summed E-state index contributed by atoms with van der Waals surface area (Å²) in [6.45, 7) is 0.589. The minimum Gasteiger partial charge on any atom is -0.375 e. The zero-order chi connectivity index (χ0) is 15.6. The fraction of sp³-hybridized carbons (Fsp3) is 0.438. The molecule has 1 aliphatic carbocycles. The third kappa shape index (κ3) is 3.13. The zero-order valence-electron chi connectivity index (χ0n) is 12.2. The fourth-order valence-electron chi connectivity index (χ4n) is 3.23. The van der Waals surface area contributed by atoms with Gasteiger partial charge in [0, 0.05) is 34.8 Å². The summed E-state index contributed by atoms with van der Waals surface area (Å²) in [4.78, 5) is 5.06. The number of benzene rings is 1. The van der Waals surface area contributed by atoms with Crippen LogP contribution < -0.4 is 11.1 Å². The van der Waals surface area contributed by atoms with Gasteiger partial charge in [0.15, 0.2) is 5.13 Å². The van der Waals surface area contributed by atoms with E-state index in [-0.39, 0.29) is 0 Å². The lowest BCUT2D eigenvalue weighted by atomic mass is 9.76. The van der Waals surface area contributed by atoms with E-state index in [0.717, 1.165) is 43.0 Å². The molecule has 0 amide bonds. The van der Waals surface area contributed by atoms with Gasteiger partial charge in [-0.1, -0.05) is 25.3 Å². The predicted octanol–water partition coefficient (Wildman–Crippen LogP) is 3.95. The standard InChI is InChI=1S/C16H19F2N3S/c17-11-4-5-13(14(18)8-11)16(6-2-1-3-7-16)21-10-12-9-20-15(19)22-12/h4-5,8-9,21H,1-3,6-7,10H2,(H2,19,20). The van der Waals surface area contributed by atoms with Crippen molar-refractivity contribution in [3.63, 3.8) is 0 Å². The normalized spacial score (nSPS) is 17.5. The molecule has 6 heteroatoms. The van der Waals surface area contributed by atoms with Crippen molar-refractivity contribution < 1.29 is 8.78 Å². The van der Waals surface area contributed by atoms with Crippen LogP contribution in [-0.4, -0.2) is 4.98 Å². The van der Waals surface area contributed by atoms with Gasteiger partial charge >= 0.3 is 0 Å². The molecule has 0 aliphatic heterocycles. The SMILES string of the molecule is Nc1ncc(CNC2(c3ccc(F)cc3F)CCCCC2)s1. The predicted molar refractivity (Wildman–Crippen MR) is 84.5 cm³/mol. The van der Waals surface area contributed by atoms with Crippen LogP contribution in [0.25, 0.3) is 0 Å². The van der Waals surface area contributed by atoms with Crippen molar-refractivity contribution in [1.82, 2.24) is 10.3 Å². The average Bonchev–Trinajstić information content (AvgIpc) is 2.92. The Labute approximate surface area is 132 Å². The van der Waals surface area contributed by atoms with Crippen molar-refractivity contribution in [2.75, 3.05) is 5.73 Å². The highest BCUT2D eigenvalue weighted by atomic mass is 32.1. The quantitative estimate of drug-likeness (QED) is 0.895. The van der Waals surface area contributed by atoms with Gasteiger partial charge in [-0.3, -0.25) is 0 Å². The van der Waals surface area contributed by atoms with Crippen molar-refractivity contribution in [2.45, 2.75) is 44.2 Å². The lowest BCUT2D eigenvalue weighted by Gasteiger charge is -2.39. The van der Waals surface area contributed by atoms with Gasteiger partial charge in [0.05, 0.1) is 0 Å². The van der Waals surface area contributed by atoms with Crippen LogP contribution in [0, 0.1) is 11.6 Å². The molecule has 0 spiro atoms. The molecule has 2 aromatic rings. The molecule has 1 aromatic carbocycles. The molecule has 3 rings (SSSR count). The van der Waals surface area contributed by atoms with Crippen LogP contribution in [0.5, 0.6) is 0 Å². The van der Waals surface area contributed by atoms with E-state index >= 15 is 0 Å². The number of thiazole rings is 1. The van der Waals surface area contributed by atoms with E-state index in [2.05, 4.69) is 10.3 Å². The van der Waals surface area contributed by atoms with Gasteiger partial charge < -0.3 is 11.1 Å². The van der Waals surface area contributed by atoms with Crippen LogP contribution in [0.2, 0.25) is 0 Å². The average molecular weight is 323 g/mol. The molecule has 0 unspecified atom stereocenters. The summed E-state index contributed by atoms with van der Waals surface area (Å²) >= 11 is 1.43. The number of nitrogens with one attached hydrogen (secondary N) is 1. The summed E-state index contributed by atoms with van der Waals surface area (Å²) in [5.74, 6) is -1.01. The molecular weight excluding hydrogens is 304 g/mol. The Kier molecular flexibility index (Phi) is 4.40. The Morgan fingerprint density at radius 2 is 2.00 bits per heavy atom. The van der Waals surface area contributed by atoms with Crippen molar-refractivity contribution in [1.29, 1.82) is 0 Å². The Hall–Kier alpha value is -1.53. The maximum absolute atomic E-state index is 14.3. The highest BCUT2D eigenvalue weighted by Gasteiger charge is 2.35. The lowest BCUT2D eigenvalue weighted by Crippen LogP contribution is -2.44. The highest BCUT2D eigenvalue weighted by Crippen LogP contribution is 2.39. The van der Waals surface area contributed by atoms with Crippen LogP contribution in [0.15, 0.2) is 24.4 Å². The van der Waals surface area contributed by atoms with Gasteiger partial charge in [0.25, 0.3) is 0 Å². The molecule has 1 aliphatic rings. The van der Waals surface area contributed by atoms with Gasteiger partial charge in [-0.05, 0) is 18.9 Å². The maximum atomic E-state index is 14.3. The topological polar surface area (TPSA) is 50.9 Å². The van der Waals surface area contributed by atoms with Crippen molar-refractivity contribution in [3.8, 4) is 0 Å². The molecule has 1 saturated carbocycles.